The van der Waals surface area contributed by atoms with Gasteiger partial charge in [-0.3, -0.25) is 9.59 Å². The van der Waals surface area contributed by atoms with Crippen molar-refractivity contribution >= 4 is 11.8 Å². The van der Waals surface area contributed by atoms with Crippen LogP contribution in [0.25, 0.3) is 0 Å². The molecule has 0 heterocycles. The second-order valence-electron chi connectivity index (χ2n) is 7.41. The minimum Gasteiger partial charge on any atom is -0.352 e. The van der Waals surface area contributed by atoms with Gasteiger partial charge in [-0.1, -0.05) is 74.0 Å². The normalized spacial score (nSPS) is 12.9. The van der Waals surface area contributed by atoms with Crippen LogP contribution >= 0.6 is 0 Å². The number of amides is 2. The summed E-state index contributed by atoms with van der Waals surface area (Å²) in [6, 6.07) is 17.4. The van der Waals surface area contributed by atoms with E-state index < -0.39 is 6.04 Å². The monoisotopic (exact) mass is 380 g/mol. The van der Waals surface area contributed by atoms with Crippen LogP contribution < -0.4 is 5.32 Å². The van der Waals surface area contributed by atoms with Gasteiger partial charge in [-0.15, -0.1) is 0 Å². The Morgan fingerprint density at radius 1 is 0.964 bits per heavy atom. The van der Waals surface area contributed by atoms with Crippen molar-refractivity contribution in [3.8, 4) is 0 Å². The standard InChI is InChI=1S/C24H32N2O2/c1-5-19(4)25-24(28)22(6-2)26(17-21-14-10-11-18(3)15-21)23(27)16-20-12-8-7-9-13-20/h7-15,19,22H,5-6,16-17H2,1-4H3,(H,25,28)/t19-,22-/m1/s1. The van der Waals surface area contributed by atoms with Gasteiger partial charge in [0.1, 0.15) is 6.04 Å². The first-order valence-corrected chi connectivity index (χ1v) is 10.1. The summed E-state index contributed by atoms with van der Waals surface area (Å²) in [6.07, 6.45) is 1.73. The van der Waals surface area contributed by atoms with Gasteiger partial charge in [0, 0.05) is 12.6 Å². The third-order valence-electron chi connectivity index (χ3n) is 5.02. The third-order valence-corrected chi connectivity index (χ3v) is 5.02. The Bertz CT molecular complexity index is 773. The summed E-state index contributed by atoms with van der Waals surface area (Å²) in [5.41, 5.74) is 3.14. The number of rotatable bonds is 9. The summed E-state index contributed by atoms with van der Waals surface area (Å²) >= 11 is 0. The lowest BCUT2D eigenvalue weighted by atomic mass is 10.1. The fraction of sp³-hybridized carbons (Fsp3) is 0.417. The van der Waals surface area contributed by atoms with Crippen LogP contribution in [-0.2, 0) is 22.6 Å². The van der Waals surface area contributed by atoms with E-state index >= 15 is 0 Å². The molecule has 4 heteroatoms. The van der Waals surface area contributed by atoms with Gasteiger partial charge >= 0.3 is 0 Å². The molecule has 0 fully saturated rings. The minimum absolute atomic E-state index is 0.0288. The van der Waals surface area contributed by atoms with Crippen LogP contribution in [0.15, 0.2) is 54.6 Å². The van der Waals surface area contributed by atoms with Gasteiger partial charge in [0.05, 0.1) is 6.42 Å². The summed E-state index contributed by atoms with van der Waals surface area (Å²) < 4.78 is 0. The third kappa shape index (κ3) is 6.22. The van der Waals surface area contributed by atoms with E-state index in [0.29, 0.717) is 19.4 Å². The molecule has 2 atom stereocenters. The van der Waals surface area contributed by atoms with E-state index in [2.05, 4.69) is 11.4 Å². The zero-order valence-electron chi connectivity index (χ0n) is 17.4. The average molecular weight is 381 g/mol. The van der Waals surface area contributed by atoms with Crippen molar-refractivity contribution < 1.29 is 9.59 Å². The molecule has 2 rings (SSSR count). The molecule has 0 saturated heterocycles. The van der Waals surface area contributed by atoms with Crippen molar-refractivity contribution in [1.82, 2.24) is 10.2 Å². The number of nitrogens with zero attached hydrogens (tertiary/aromatic N) is 1. The van der Waals surface area contributed by atoms with Crippen molar-refractivity contribution in [3.63, 3.8) is 0 Å². The fourth-order valence-corrected chi connectivity index (χ4v) is 3.24. The number of carbonyl (C=O) groups excluding carboxylic acids is 2. The maximum absolute atomic E-state index is 13.2. The molecule has 0 aliphatic rings. The molecular weight excluding hydrogens is 348 g/mol. The van der Waals surface area contributed by atoms with Crippen molar-refractivity contribution in [2.45, 2.75) is 65.6 Å². The molecule has 4 nitrogen and oxygen atoms in total. The molecular formula is C24H32N2O2. The molecule has 0 spiro atoms. The van der Waals surface area contributed by atoms with Gasteiger partial charge in [-0.25, -0.2) is 0 Å². The molecule has 2 aromatic rings. The molecule has 0 aliphatic carbocycles. The molecule has 2 aromatic carbocycles. The summed E-state index contributed by atoms with van der Waals surface area (Å²) in [5.74, 6) is -0.107. The van der Waals surface area contributed by atoms with Crippen molar-refractivity contribution in [2.75, 3.05) is 0 Å². The Morgan fingerprint density at radius 2 is 1.64 bits per heavy atom. The van der Waals surface area contributed by atoms with Gasteiger partial charge in [-0.2, -0.15) is 0 Å². The molecule has 2 amide bonds. The highest BCUT2D eigenvalue weighted by Crippen LogP contribution is 2.16. The summed E-state index contributed by atoms with van der Waals surface area (Å²) in [6.45, 7) is 8.45. The topological polar surface area (TPSA) is 49.4 Å². The molecule has 1 N–H and O–H groups in total. The Morgan fingerprint density at radius 3 is 2.25 bits per heavy atom. The number of benzene rings is 2. The van der Waals surface area contributed by atoms with Crippen LogP contribution in [0.5, 0.6) is 0 Å². The summed E-state index contributed by atoms with van der Waals surface area (Å²) in [5, 5.41) is 3.04. The molecule has 0 unspecified atom stereocenters. The first kappa shape index (κ1) is 21.7. The lowest BCUT2D eigenvalue weighted by molar-refractivity contribution is -0.141. The van der Waals surface area contributed by atoms with E-state index in [4.69, 9.17) is 0 Å². The van der Waals surface area contributed by atoms with E-state index in [1.165, 1.54) is 0 Å². The van der Waals surface area contributed by atoms with Crippen molar-refractivity contribution in [3.05, 3.63) is 71.3 Å². The first-order valence-electron chi connectivity index (χ1n) is 10.1. The fourth-order valence-electron chi connectivity index (χ4n) is 3.24. The van der Waals surface area contributed by atoms with Gasteiger partial charge in [0.15, 0.2) is 0 Å². The molecule has 28 heavy (non-hydrogen) atoms. The zero-order chi connectivity index (χ0) is 20.5. The minimum atomic E-state index is -0.481. The molecule has 0 aliphatic heterocycles. The Kier molecular flexibility index (Phi) is 8.24. The summed E-state index contributed by atoms with van der Waals surface area (Å²) in [4.78, 5) is 27.8. The maximum atomic E-state index is 13.2. The Labute approximate surface area is 169 Å². The molecule has 0 aromatic heterocycles. The van der Waals surface area contributed by atoms with E-state index in [1.54, 1.807) is 4.90 Å². The second-order valence-corrected chi connectivity index (χ2v) is 7.41. The Hall–Kier alpha value is -2.62. The second kappa shape index (κ2) is 10.6. The SMILES string of the molecule is CC[C@@H](C)NC(=O)[C@@H](CC)N(Cc1cccc(C)c1)C(=O)Cc1ccccc1. The van der Waals surface area contributed by atoms with Crippen LogP contribution in [0.1, 0.15) is 50.3 Å². The Balaban J connectivity index is 2.27. The number of nitrogens with one attached hydrogen (secondary N) is 1. The summed E-state index contributed by atoms with van der Waals surface area (Å²) in [7, 11) is 0. The molecule has 150 valence electrons. The van der Waals surface area contributed by atoms with Crippen molar-refractivity contribution in [2.24, 2.45) is 0 Å². The predicted octanol–water partition coefficient (Wildman–Crippen LogP) is 4.26. The first-order chi connectivity index (χ1) is 13.4. The van der Waals surface area contributed by atoms with Crippen molar-refractivity contribution in [1.29, 1.82) is 0 Å². The van der Waals surface area contributed by atoms with Gasteiger partial charge in [-0.05, 0) is 37.8 Å². The van der Waals surface area contributed by atoms with Crippen LogP contribution in [-0.4, -0.2) is 28.8 Å². The zero-order valence-corrected chi connectivity index (χ0v) is 17.4. The maximum Gasteiger partial charge on any atom is 0.243 e. The lowest BCUT2D eigenvalue weighted by Gasteiger charge is -2.31. The highest BCUT2D eigenvalue weighted by atomic mass is 16.2. The van der Waals surface area contributed by atoms with E-state index in [1.807, 2.05) is 76.2 Å². The van der Waals surface area contributed by atoms with Gasteiger partial charge in [0.25, 0.3) is 0 Å². The van der Waals surface area contributed by atoms with Gasteiger partial charge in [0.2, 0.25) is 11.8 Å². The predicted molar refractivity (Wildman–Crippen MR) is 114 cm³/mol. The quantitative estimate of drug-likeness (QED) is 0.707. The molecule has 0 saturated carbocycles. The van der Waals surface area contributed by atoms with Crippen LogP contribution in [0.3, 0.4) is 0 Å². The van der Waals surface area contributed by atoms with E-state index in [-0.39, 0.29) is 17.9 Å². The molecule has 0 bridgehead atoms. The largest absolute Gasteiger partial charge is 0.352 e. The van der Waals surface area contributed by atoms with Crippen LogP contribution in [0.2, 0.25) is 0 Å². The molecule has 0 radical (unpaired) electrons. The average Bonchev–Trinajstić information content (AvgIpc) is 2.68. The highest BCUT2D eigenvalue weighted by molar-refractivity contribution is 5.88. The smallest absolute Gasteiger partial charge is 0.243 e. The van der Waals surface area contributed by atoms with Crippen LogP contribution in [0, 0.1) is 6.92 Å². The number of aryl methyl sites for hydroxylation is 1. The van der Waals surface area contributed by atoms with E-state index in [0.717, 1.165) is 23.1 Å². The number of hydrogen-bond donors (Lipinski definition) is 1. The van der Waals surface area contributed by atoms with Crippen LogP contribution in [0.4, 0.5) is 0 Å². The lowest BCUT2D eigenvalue weighted by Crippen LogP contribution is -2.51. The van der Waals surface area contributed by atoms with Gasteiger partial charge < -0.3 is 10.2 Å². The number of carbonyl (C=O) groups is 2. The van der Waals surface area contributed by atoms with E-state index in [9.17, 15) is 9.59 Å². The number of hydrogen-bond acceptors (Lipinski definition) is 2. The highest BCUT2D eigenvalue weighted by Gasteiger charge is 2.29.